The lowest BCUT2D eigenvalue weighted by atomic mass is 9.92. The van der Waals surface area contributed by atoms with E-state index in [1.807, 2.05) is 6.07 Å². The Kier molecular flexibility index (Phi) is 3.83. The van der Waals surface area contributed by atoms with E-state index in [-0.39, 0.29) is 0 Å². The molecule has 0 radical (unpaired) electrons. The SMILES string of the molecule is Cc1ccc(-n2cnnn2)cc1NCCC(C)(C)C. The average molecular weight is 259 g/mol. The summed E-state index contributed by atoms with van der Waals surface area (Å²) in [6, 6.07) is 6.17. The number of aromatic nitrogens is 4. The van der Waals surface area contributed by atoms with Crippen LogP contribution in [0.4, 0.5) is 5.69 Å². The first-order chi connectivity index (χ1) is 8.96. The molecule has 5 nitrogen and oxygen atoms in total. The zero-order valence-electron chi connectivity index (χ0n) is 12.0. The molecular weight excluding hydrogens is 238 g/mol. The highest BCUT2D eigenvalue weighted by Crippen LogP contribution is 2.21. The predicted molar refractivity (Wildman–Crippen MR) is 76.5 cm³/mol. The maximum absolute atomic E-state index is 3.90. The molecule has 0 aliphatic heterocycles. The van der Waals surface area contributed by atoms with Gasteiger partial charge < -0.3 is 5.32 Å². The number of rotatable bonds is 4. The van der Waals surface area contributed by atoms with Crippen LogP contribution in [0.15, 0.2) is 24.5 Å². The fraction of sp³-hybridized carbons (Fsp3) is 0.500. The van der Waals surface area contributed by atoms with E-state index >= 15 is 0 Å². The fourth-order valence-corrected chi connectivity index (χ4v) is 1.79. The van der Waals surface area contributed by atoms with Crippen LogP contribution >= 0.6 is 0 Å². The summed E-state index contributed by atoms with van der Waals surface area (Å²) in [4.78, 5) is 0. The van der Waals surface area contributed by atoms with Crippen LogP contribution in [0.1, 0.15) is 32.8 Å². The van der Waals surface area contributed by atoms with Gasteiger partial charge in [0, 0.05) is 12.2 Å². The van der Waals surface area contributed by atoms with Crippen LogP contribution in [0.3, 0.4) is 0 Å². The van der Waals surface area contributed by atoms with Gasteiger partial charge in [-0.1, -0.05) is 26.8 Å². The van der Waals surface area contributed by atoms with Crippen molar-refractivity contribution in [3.8, 4) is 5.69 Å². The average Bonchev–Trinajstić information content (AvgIpc) is 2.83. The Balaban J connectivity index is 2.10. The normalized spacial score (nSPS) is 11.6. The molecule has 102 valence electrons. The van der Waals surface area contributed by atoms with Gasteiger partial charge in [-0.2, -0.15) is 0 Å². The second-order valence-corrected chi connectivity index (χ2v) is 5.99. The Morgan fingerprint density at radius 1 is 1.26 bits per heavy atom. The number of nitrogens with one attached hydrogen (secondary N) is 1. The Labute approximate surface area is 114 Å². The number of hydrogen-bond donors (Lipinski definition) is 1. The third kappa shape index (κ3) is 3.77. The van der Waals surface area contributed by atoms with Crippen LogP contribution in [0.2, 0.25) is 0 Å². The zero-order valence-corrected chi connectivity index (χ0v) is 12.0. The molecule has 0 amide bonds. The first kappa shape index (κ1) is 13.5. The highest BCUT2D eigenvalue weighted by atomic mass is 15.5. The van der Waals surface area contributed by atoms with Crippen molar-refractivity contribution >= 4 is 5.69 Å². The van der Waals surface area contributed by atoms with Crippen molar-refractivity contribution in [2.45, 2.75) is 34.1 Å². The molecule has 1 aromatic carbocycles. The van der Waals surface area contributed by atoms with E-state index in [0.29, 0.717) is 5.41 Å². The van der Waals surface area contributed by atoms with E-state index in [9.17, 15) is 0 Å². The molecule has 19 heavy (non-hydrogen) atoms. The minimum atomic E-state index is 0.342. The highest BCUT2D eigenvalue weighted by molar-refractivity contribution is 5.56. The maximum Gasteiger partial charge on any atom is 0.143 e. The lowest BCUT2D eigenvalue weighted by Crippen LogP contribution is -2.13. The summed E-state index contributed by atoms with van der Waals surface area (Å²) in [7, 11) is 0. The molecule has 5 heteroatoms. The van der Waals surface area contributed by atoms with Gasteiger partial charge in [-0.05, 0) is 46.9 Å². The minimum absolute atomic E-state index is 0.342. The molecule has 2 rings (SSSR count). The van der Waals surface area contributed by atoms with Gasteiger partial charge in [-0.15, -0.1) is 5.10 Å². The summed E-state index contributed by atoms with van der Waals surface area (Å²) in [5.74, 6) is 0. The number of tetrazole rings is 1. The minimum Gasteiger partial charge on any atom is -0.385 e. The Morgan fingerprint density at radius 3 is 2.68 bits per heavy atom. The van der Waals surface area contributed by atoms with E-state index in [1.54, 1.807) is 11.0 Å². The lowest BCUT2D eigenvalue weighted by molar-refractivity contribution is 0.390. The molecule has 1 aromatic heterocycles. The molecule has 0 atom stereocenters. The maximum atomic E-state index is 3.90. The number of anilines is 1. The van der Waals surface area contributed by atoms with E-state index in [4.69, 9.17) is 0 Å². The fourth-order valence-electron chi connectivity index (χ4n) is 1.79. The number of benzene rings is 1. The third-order valence-electron chi connectivity index (χ3n) is 3.03. The smallest absolute Gasteiger partial charge is 0.143 e. The van der Waals surface area contributed by atoms with E-state index < -0.39 is 0 Å². The quantitative estimate of drug-likeness (QED) is 0.917. The second-order valence-electron chi connectivity index (χ2n) is 5.99. The van der Waals surface area contributed by atoms with Crippen molar-refractivity contribution in [2.75, 3.05) is 11.9 Å². The van der Waals surface area contributed by atoms with Crippen LogP contribution in [0, 0.1) is 12.3 Å². The topological polar surface area (TPSA) is 55.6 Å². The van der Waals surface area contributed by atoms with Crippen LogP contribution in [0.5, 0.6) is 0 Å². The summed E-state index contributed by atoms with van der Waals surface area (Å²) in [5.41, 5.74) is 3.67. The van der Waals surface area contributed by atoms with Gasteiger partial charge in [0.2, 0.25) is 0 Å². The van der Waals surface area contributed by atoms with Gasteiger partial charge >= 0.3 is 0 Å². The van der Waals surface area contributed by atoms with Crippen molar-refractivity contribution in [1.82, 2.24) is 20.2 Å². The monoisotopic (exact) mass is 259 g/mol. The molecule has 0 unspecified atom stereocenters. The van der Waals surface area contributed by atoms with Gasteiger partial charge in [0.05, 0.1) is 5.69 Å². The summed E-state index contributed by atoms with van der Waals surface area (Å²) in [6.07, 6.45) is 2.73. The van der Waals surface area contributed by atoms with Crippen molar-refractivity contribution in [3.63, 3.8) is 0 Å². The van der Waals surface area contributed by atoms with Crippen molar-refractivity contribution in [1.29, 1.82) is 0 Å². The summed E-state index contributed by atoms with van der Waals surface area (Å²) in [5, 5.41) is 14.7. The van der Waals surface area contributed by atoms with Gasteiger partial charge in [0.1, 0.15) is 6.33 Å². The van der Waals surface area contributed by atoms with Gasteiger partial charge in [-0.25, -0.2) is 4.68 Å². The molecular formula is C14H21N5. The van der Waals surface area contributed by atoms with Crippen LogP contribution in [-0.2, 0) is 0 Å². The summed E-state index contributed by atoms with van der Waals surface area (Å²) >= 11 is 0. The number of hydrogen-bond acceptors (Lipinski definition) is 4. The molecule has 2 aromatic rings. The first-order valence-corrected chi connectivity index (χ1v) is 6.54. The van der Waals surface area contributed by atoms with Crippen LogP contribution in [0.25, 0.3) is 5.69 Å². The van der Waals surface area contributed by atoms with Gasteiger partial charge in [0.25, 0.3) is 0 Å². The van der Waals surface area contributed by atoms with E-state index in [1.165, 1.54) is 5.56 Å². The Bertz CT molecular complexity index is 525. The summed E-state index contributed by atoms with van der Waals surface area (Å²) < 4.78 is 1.66. The van der Waals surface area contributed by atoms with E-state index in [0.717, 1.165) is 24.3 Å². The van der Waals surface area contributed by atoms with Crippen LogP contribution < -0.4 is 5.32 Å². The largest absolute Gasteiger partial charge is 0.385 e. The molecule has 0 saturated carbocycles. The first-order valence-electron chi connectivity index (χ1n) is 6.54. The van der Waals surface area contributed by atoms with Crippen molar-refractivity contribution in [2.24, 2.45) is 5.41 Å². The predicted octanol–water partition coefficient (Wildman–Crippen LogP) is 2.82. The highest BCUT2D eigenvalue weighted by Gasteiger charge is 2.10. The number of nitrogens with zero attached hydrogens (tertiary/aromatic N) is 4. The molecule has 1 N–H and O–H groups in total. The molecule has 0 aliphatic rings. The van der Waals surface area contributed by atoms with Crippen molar-refractivity contribution in [3.05, 3.63) is 30.1 Å². The molecule has 0 fully saturated rings. The summed E-state index contributed by atoms with van der Waals surface area (Å²) in [6.45, 7) is 9.81. The van der Waals surface area contributed by atoms with Gasteiger partial charge in [-0.3, -0.25) is 0 Å². The third-order valence-corrected chi connectivity index (χ3v) is 3.03. The Hall–Kier alpha value is -1.91. The van der Waals surface area contributed by atoms with E-state index in [2.05, 4.69) is 60.7 Å². The molecule has 0 saturated heterocycles. The number of aryl methyl sites for hydroxylation is 1. The zero-order chi connectivity index (χ0) is 13.9. The Morgan fingerprint density at radius 2 is 2.05 bits per heavy atom. The molecule has 0 spiro atoms. The standard InChI is InChI=1S/C14H21N5/c1-11-5-6-12(19-10-16-17-18-19)9-13(11)15-8-7-14(2,3)4/h5-6,9-10,15H,7-8H2,1-4H3. The van der Waals surface area contributed by atoms with Crippen LogP contribution in [-0.4, -0.2) is 26.8 Å². The molecule has 0 aliphatic carbocycles. The molecule has 1 heterocycles. The van der Waals surface area contributed by atoms with Gasteiger partial charge in [0.15, 0.2) is 0 Å². The molecule has 0 bridgehead atoms. The second kappa shape index (κ2) is 5.38. The van der Waals surface area contributed by atoms with Crippen molar-refractivity contribution < 1.29 is 0 Å². The lowest BCUT2D eigenvalue weighted by Gasteiger charge is -2.19.